The first-order chi connectivity index (χ1) is 8.36. The highest BCUT2D eigenvalue weighted by Crippen LogP contribution is 2.26. The monoisotopic (exact) mass is 231 g/mol. The molecule has 0 radical (unpaired) electrons. The molecule has 1 saturated heterocycles. The maximum Gasteiger partial charge on any atom is 0.298 e. The Morgan fingerprint density at radius 2 is 2.35 bits per heavy atom. The highest BCUT2D eigenvalue weighted by Gasteiger charge is 2.25. The predicted molar refractivity (Wildman–Crippen MR) is 68.3 cm³/mol. The fourth-order valence-electron chi connectivity index (χ4n) is 2.46. The Bertz CT molecular complexity index is 475. The molecule has 3 rings (SSSR count). The number of hydrogen-bond acceptors (Lipinski definition) is 4. The molecule has 0 saturated carbocycles. The lowest BCUT2D eigenvalue weighted by atomic mass is 10.1. The molecule has 0 bridgehead atoms. The van der Waals surface area contributed by atoms with E-state index in [1.165, 1.54) is 6.42 Å². The van der Waals surface area contributed by atoms with E-state index in [9.17, 15) is 0 Å². The summed E-state index contributed by atoms with van der Waals surface area (Å²) >= 11 is 0. The van der Waals surface area contributed by atoms with Gasteiger partial charge in [0.15, 0.2) is 5.58 Å². The minimum absolute atomic E-state index is 0.704. The maximum absolute atomic E-state index is 5.77. The fraction of sp³-hybridized carbons (Fsp3) is 0.462. The van der Waals surface area contributed by atoms with Crippen LogP contribution in [-0.2, 0) is 0 Å². The average molecular weight is 231 g/mol. The highest BCUT2D eigenvalue weighted by molar-refractivity contribution is 5.74. The van der Waals surface area contributed by atoms with E-state index in [-0.39, 0.29) is 0 Å². The van der Waals surface area contributed by atoms with Crippen molar-refractivity contribution in [2.24, 2.45) is 5.92 Å². The van der Waals surface area contributed by atoms with Crippen LogP contribution in [0.1, 0.15) is 6.42 Å². The molecule has 0 amide bonds. The number of nitrogens with one attached hydrogen (secondary N) is 1. The molecule has 1 aromatic heterocycles. The summed E-state index contributed by atoms with van der Waals surface area (Å²) in [5.74, 6) is 0.704. The van der Waals surface area contributed by atoms with Gasteiger partial charge in [-0.2, -0.15) is 4.98 Å². The molecule has 1 atom stereocenters. The van der Waals surface area contributed by atoms with Crippen molar-refractivity contribution in [1.29, 1.82) is 0 Å². The Kier molecular flexibility index (Phi) is 2.73. The van der Waals surface area contributed by atoms with E-state index in [1.807, 2.05) is 31.3 Å². The van der Waals surface area contributed by atoms with E-state index in [0.29, 0.717) is 5.92 Å². The van der Waals surface area contributed by atoms with Gasteiger partial charge in [0, 0.05) is 13.1 Å². The SMILES string of the molecule is CNCC1CCN(c2nc3ccccc3o2)C1. The van der Waals surface area contributed by atoms with Gasteiger partial charge in [-0.15, -0.1) is 0 Å². The summed E-state index contributed by atoms with van der Waals surface area (Å²) in [4.78, 5) is 6.77. The van der Waals surface area contributed by atoms with E-state index in [4.69, 9.17) is 4.42 Å². The number of aromatic nitrogens is 1. The minimum atomic E-state index is 0.704. The standard InChI is InChI=1S/C13H17N3O/c1-14-8-10-6-7-16(9-10)13-15-11-4-2-3-5-12(11)17-13/h2-5,10,14H,6-9H2,1H3. The van der Waals surface area contributed by atoms with Crippen LogP contribution in [0.2, 0.25) is 0 Å². The molecular formula is C13H17N3O. The first-order valence-corrected chi connectivity index (χ1v) is 6.12. The van der Waals surface area contributed by atoms with Gasteiger partial charge in [0.2, 0.25) is 0 Å². The van der Waals surface area contributed by atoms with Crippen molar-refractivity contribution in [2.75, 3.05) is 31.6 Å². The number of rotatable bonds is 3. The molecule has 2 heterocycles. The van der Waals surface area contributed by atoms with Crippen LogP contribution in [0.25, 0.3) is 11.1 Å². The Labute approximate surface area is 101 Å². The second-order valence-corrected chi connectivity index (χ2v) is 4.62. The molecule has 2 aromatic rings. The van der Waals surface area contributed by atoms with Crippen LogP contribution >= 0.6 is 0 Å². The van der Waals surface area contributed by atoms with Gasteiger partial charge >= 0.3 is 0 Å². The average Bonchev–Trinajstić information content (AvgIpc) is 2.94. The quantitative estimate of drug-likeness (QED) is 0.875. The molecule has 90 valence electrons. The molecule has 1 N–H and O–H groups in total. The van der Waals surface area contributed by atoms with Crippen molar-refractivity contribution in [3.05, 3.63) is 24.3 Å². The number of anilines is 1. The van der Waals surface area contributed by atoms with Crippen molar-refractivity contribution < 1.29 is 4.42 Å². The van der Waals surface area contributed by atoms with Crippen LogP contribution in [0.5, 0.6) is 0 Å². The molecule has 1 fully saturated rings. The smallest absolute Gasteiger partial charge is 0.298 e. The Morgan fingerprint density at radius 1 is 1.47 bits per heavy atom. The van der Waals surface area contributed by atoms with Gasteiger partial charge in [-0.3, -0.25) is 0 Å². The van der Waals surface area contributed by atoms with E-state index in [1.54, 1.807) is 0 Å². The summed E-state index contributed by atoms with van der Waals surface area (Å²) in [7, 11) is 2.00. The number of hydrogen-bond donors (Lipinski definition) is 1. The van der Waals surface area contributed by atoms with Crippen molar-refractivity contribution >= 4 is 17.1 Å². The highest BCUT2D eigenvalue weighted by atomic mass is 16.4. The van der Waals surface area contributed by atoms with E-state index in [2.05, 4.69) is 15.2 Å². The van der Waals surface area contributed by atoms with Crippen LogP contribution in [0.4, 0.5) is 6.01 Å². The topological polar surface area (TPSA) is 41.3 Å². The van der Waals surface area contributed by atoms with E-state index >= 15 is 0 Å². The normalized spacial score (nSPS) is 20.3. The van der Waals surface area contributed by atoms with Crippen LogP contribution in [0, 0.1) is 5.92 Å². The number of oxazole rings is 1. The predicted octanol–water partition coefficient (Wildman–Crippen LogP) is 1.87. The molecular weight excluding hydrogens is 214 g/mol. The molecule has 4 nitrogen and oxygen atoms in total. The van der Waals surface area contributed by atoms with Crippen molar-refractivity contribution in [1.82, 2.24) is 10.3 Å². The maximum atomic E-state index is 5.77. The lowest BCUT2D eigenvalue weighted by Gasteiger charge is -2.13. The molecule has 1 aliphatic heterocycles. The first kappa shape index (κ1) is 10.6. The Balaban J connectivity index is 1.80. The van der Waals surface area contributed by atoms with Crippen molar-refractivity contribution in [3.8, 4) is 0 Å². The first-order valence-electron chi connectivity index (χ1n) is 6.12. The van der Waals surface area contributed by atoms with Crippen LogP contribution < -0.4 is 10.2 Å². The molecule has 17 heavy (non-hydrogen) atoms. The summed E-state index contributed by atoms with van der Waals surface area (Å²) < 4.78 is 5.77. The Hall–Kier alpha value is -1.55. The zero-order valence-corrected chi connectivity index (χ0v) is 10.0. The minimum Gasteiger partial charge on any atom is -0.423 e. The van der Waals surface area contributed by atoms with Crippen molar-refractivity contribution in [2.45, 2.75) is 6.42 Å². The number of benzene rings is 1. The third-order valence-corrected chi connectivity index (χ3v) is 3.33. The molecule has 1 aliphatic rings. The summed E-state index contributed by atoms with van der Waals surface area (Å²) in [5.41, 5.74) is 1.82. The van der Waals surface area contributed by atoms with Gasteiger partial charge in [-0.05, 0) is 38.1 Å². The zero-order chi connectivity index (χ0) is 11.7. The zero-order valence-electron chi connectivity index (χ0n) is 10.0. The van der Waals surface area contributed by atoms with Crippen LogP contribution in [0.15, 0.2) is 28.7 Å². The molecule has 1 aromatic carbocycles. The lowest BCUT2D eigenvalue weighted by molar-refractivity contribution is 0.539. The fourth-order valence-corrected chi connectivity index (χ4v) is 2.46. The molecule has 1 unspecified atom stereocenters. The Morgan fingerprint density at radius 3 is 3.18 bits per heavy atom. The number of fused-ring (bicyclic) bond motifs is 1. The van der Waals surface area contributed by atoms with Gasteiger partial charge < -0.3 is 14.6 Å². The second-order valence-electron chi connectivity index (χ2n) is 4.62. The van der Waals surface area contributed by atoms with Crippen LogP contribution in [0.3, 0.4) is 0 Å². The summed E-state index contributed by atoms with van der Waals surface area (Å²) in [6.07, 6.45) is 1.21. The van der Waals surface area contributed by atoms with Gasteiger partial charge in [-0.1, -0.05) is 12.1 Å². The van der Waals surface area contributed by atoms with Gasteiger partial charge in [0.25, 0.3) is 6.01 Å². The van der Waals surface area contributed by atoms with Gasteiger partial charge in [-0.25, -0.2) is 0 Å². The lowest BCUT2D eigenvalue weighted by Crippen LogP contribution is -2.24. The third kappa shape index (κ3) is 2.00. The summed E-state index contributed by atoms with van der Waals surface area (Å²) in [6.45, 7) is 3.14. The van der Waals surface area contributed by atoms with Gasteiger partial charge in [0.05, 0.1) is 0 Å². The summed E-state index contributed by atoms with van der Waals surface area (Å²) in [5, 5.41) is 3.23. The molecule has 0 spiro atoms. The van der Waals surface area contributed by atoms with Crippen LogP contribution in [-0.4, -0.2) is 31.7 Å². The van der Waals surface area contributed by atoms with E-state index < -0.39 is 0 Å². The van der Waals surface area contributed by atoms with Gasteiger partial charge in [0.1, 0.15) is 5.52 Å². The van der Waals surface area contributed by atoms with E-state index in [0.717, 1.165) is 36.7 Å². The van der Waals surface area contributed by atoms with Crippen molar-refractivity contribution in [3.63, 3.8) is 0 Å². The third-order valence-electron chi connectivity index (χ3n) is 3.33. The second kappa shape index (κ2) is 4.37. The number of para-hydroxylation sites is 2. The number of nitrogens with zero attached hydrogens (tertiary/aromatic N) is 2. The molecule has 4 heteroatoms. The summed E-state index contributed by atoms with van der Waals surface area (Å²) in [6, 6.07) is 8.69. The largest absolute Gasteiger partial charge is 0.423 e. The molecule has 0 aliphatic carbocycles.